The monoisotopic (exact) mass is 336 g/mol. The van der Waals surface area contributed by atoms with Crippen LogP contribution in [0.5, 0.6) is 0 Å². The Hall–Kier alpha value is -0.760. The molecule has 0 saturated heterocycles. The summed E-state index contributed by atoms with van der Waals surface area (Å²) < 4.78 is 74.7. The van der Waals surface area contributed by atoms with Gasteiger partial charge in [-0.25, -0.2) is 0 Å². The van der Waals surface area contributed by atoms with Crippen molar-refractivity contribution in [2.45, 2.75) is 18.5 Å². The van der Waals surface area contributed by atoms with Crippen LogP contribution in [0.2, 0.25) is 0 Å². The highest BCUT2D eigenvalue weighted by molar-refractivity contribution is 9.09. The average molecular weight is 337 g/mol. The summed E-state index contributed by atoms with van der Waals surface area (Å²) in [6.45, 7) is 0. The molecule has 1 rings (SSSR count). The van der Waals surface area contributed by atoms with Crippen LogP contribution >= 0.6 is 15.9 Å². The molecule has 102 valence electrons. The van der Waals surface area contributed by atoms with Crippen LogP contribution in [0.4, 0.5) is 26.3 Å². The third-order valence-corrected chi connectivity index (χ3v) is 2.75. The summed E-state index contributed by atoms with van der Waals surface area (Å²) in [5, 5.41) is 9.17. The molecule has 0 heterocycles. The summed E-state index contributed by atoms with van der Waals surface area (Å²) in [5.41, 5.74) is -3.31. The molecule has 0 aromatic heterocycles. The summed E-state index contributed by atoms with van der Waals surface area (Å²) in [6.07, 6.45) is -11.2. The van der Waals surface area contributed by atoms with Crippen molar-refractivity contribution in [1.29, 1.82) is 0 Å². The minimum absolute atomic E-state index is 0.0183. The number of hydrogen-bond acceptors (Lipinski definition) is 1. The second-order valence-electron chi connectivity index (χ2n) is 3.51. The first-order valence-corrected chi connectivity index (χ1v) is 5.71. The van der Waals surface area contributed by atoms with Crippen molar-refractivity contribution in [3.63, 3.8) is 0 Å². The van der Waals surface area contributed by atoms with Gasteiger partial charge in [-0.1, -0.05) is 15.9 Å². The Morgan fingerprint density at radius 1 is 0.944 bits per heavy atom. The maximum absolute atomic E-state index is 12.4. The molecule has 0 amide bonds. The van der Waals surface area contributed by atoms with Gasteiger partial charge in [0.2, 0.25) is 0 Å². The lowest BCUT2D eigenvalue weighted by Crippen LogP contribution is -2.13. The van der Waals surface area contributed by atoms with E-state index in [2.05, 4.69) is 15.9 Å². The number of aliphatic hydroxyl groups is 1. The molecule has 0 unspecified atom stereocenters. The number of rotatable bonds is 2. The van der Waals surface area contributed by atoms with Crippen molar-refractivity contribution in [1.82, 2.24) is 0 Å². The van der Waals surface area contributed by atoms with Gasteiger partial charge < -0.3 is 5.11 Å². The van der Waals surface area contributed by atoms with Crippen LogP contribution < -0.4 is 0 Å². The van der Waals surface area contributed by atoms with E-state index >= 15 is 0 Å². The molecule has 1 nitrogen and oxygen atoms in total. The fraction of sp³-hybridized carbons (Fsp3) is 0.400. The van der Waals surface area contributed by atoms with E-state index in [1.165, 1.54) is 0 Å². The molecule has 0 aliphatic rings. The molecular formula is C10H7BrF6O. The van der Waals surface area contributed by atoms with Crippen molar-refractivity contribution >= 4 is 15.9 Å². The van der Waals surface area contributed by atoms with Crippen molar-refractivity contribution < 1.29 is 31.4 Å². The standard InChI is InChI=1S/C10H7BrF6O/c11-4-8(18)5-1-6(9(12,13)14)3-7(2-5)10(15,16)17/h1-3,8,18H,4H2/t8-/m0/s1. The van der Waals surface area contributed by atoms with E-state index in [4.69, 9.17) is 0 Å². The number of aliphatic hydroxyl groups excluding tert-OH is 1. The average Bonchev–Trinajstić information content (AvgIpc) is 2.25. The van der Waals surface area contributed by atoms with Gasteiger partial charge in [0.25, 0.3) is 0 Å². The van der Waals surface area contributed by atoms with Crippen molar-refractivity contribution in [3.8, 4) is 0 Å². The molecule has 18 heavy (non-hydrogen) atoms. The second-order valence-corrected chi connectivity index (χ2v) is 4.16. The molecule has 1 atom stereocenters. The second kappa shape index (κ2) is 5.08. The molecule has 1 aromatic rings. The Kier molecular flexibility index (Phi) is 4.32. The number of benzene rings is 1. The normalized spacial score (nSPS) is 14.7. The van der Waals surface area contributed by atoms with E-state index in [1.54, 1.807) is 0 Å². The fourth-order valence-corrected chi connectivity index (χ4v) is 1.63. The van der Waals surface area contributed by atoms with Crippen LogP contribution in [0.3, 0.4) is 0 Å². The highest BCUT2D eigenvalue weighted by Crippen LogP contribution is 2.37. The number of halogens is 7. The molecule has 0 spiro atoms. The Bertz CT molecular complexity index is 393. The Morgan fingerprint density at radius 2 is 1.33 bits per heavy atom. The highest BCUT2D eigenvalue weighted by Gasteiger charge is 2.37. The Morgan fingerprint density at radius 3 is 1.61 bits per heavy atom. The van der Waals surface area contributed by atoms with Gasteiger partial charge in [-0.3, -0.25) is 0 Å². The summed E-state index contributed by atoms with van der Waals surface area (Å²) in [4.78, 5) is 0. The highest BCUT2D eigenvalue weighted by atomic mass is 79.9. The van der Waals surface area contributed by atoms with Gasteiger partial charge in [0.05, 0.1) is 17.2 Å². The molecule has 0 aliphatic heterocycles. The van der Waals surface area contributed by atoms with E-state index in [9.17, 15) is 31.4 Å². The quantitative estimate of drug-likeness (QED) is 0.635. The summed E-state index contributed by atoms with van der Waals surface area (Å²) in [5.74, 6) is 0. The van der Waals surface area contributed by atoms with Gasteiger partial charge in [-0.15, -0.1) is 0 Å². The molecule has 0 bridgehead atoms. The number of alkyl halides is 7. The summed E-state index contributed by atoms with van der Waals surface area (Å²) in [6, 6.07) is 1.02. The van der Waals surface area contributed by atoms with E-state index in [0.29, 0.717) is 12.1 Å². The predicted molar refractivity (Wildman–Crippen MR) is 55.2 cm³/mol. The molecule has 0 fully saturated rings. The predicted octanol–water partition coefficient (Wildman–Crippen LogP) is 4.15. The lowest BCUT2D eigenvalue weighted by Gasteiger charge is -2.16. The molecule has 1 N–H and O–H groups in total. The third-order valence-electron chi connectivity index (χ3n) is 2.14. The van der Waals surface area contributed by atoms with Gasteiger partial charge in [0.15, 0.2) is 0 Å². The van der Waals surface area contributed by atoms with Crippen molar-refractivity contribution in [2.75, 3.05) is 5.33 Å². The smallest absolute Gasteiger partial charge is 0.388 e. The zero-order chi connectivity index (χ0) is 14.1. The van der Waals surface area contributed by atoms with E-state index in [-0.39, 0.29) is 11.4 Å². The first-order chi connectivity index (χ1) is 8.05. The molecule has 1 aromatic carbocycles. The first kappa shape index (κ1) is 15.3. The van der Waals surface area contributed by atoms with Gasteiger partial charge in [-0.05, 0) is 23.8 Å². The van der Waals surface area contributed by atoms with Crippen LogP contribution in [0.25, 0.3) is 0 Å². The van der Waals surface area contributed by atoms with Crippen LogP contribution in [-0.2, 0) is 12.4 Å². The van der Waals surface area contributed by atoms with Crippen LogP contribution in [0.1, 0.15) is 22.8 Å². The SMILES string of the molecule is O[C@@H](CBr)c1cc(C(F)(F)F)cc(C(F)(F)F)c1. The van der Waals surface area contributed by atoms with Gasteiger partial charge in [0.1, 0.15) is 0 Å². The minimum Gasteiger partial charge on any atom is -0.388 e. The van der Waals surface area contributed by atoms with Gasteiger partial charge >= 0.3 is 12.4 Å². The minimum atomic E-state index is -4.90. The molecule has 0 aliphatic carbocycles. The van der Waals surface area contributed by atoms with Crippen molar-refractivity contribution in [2.24, 2.45) is 0 Å². The third kappa shape index (κ3) is 3.61. The van der Waals surface area contributed by atoms with Crippen LogP contribution in [0, 0.1) is 0 Å². The van der Waals surface area contributed by atoms with Gasteiger partial charge in [0, 0.05) is 5.33 Å². The zero-order valence-corrected chi connectivity index (χ0v) is 10.2. The lowest BCUT2D eigenvalue weighted by atomic mass is 10.0. The lowest BCUT2D eigenvalue weighted by molar-refractivity contribution is -0.143. The first-order valence-electron chi connectivity index (χ1n) is 4.59. The van der Waals surface area contributed by atoms with E-state index in [1.807, 2.05) is 0 Å². The topological polar surface area (TPSA) is 20.2 Å². The molecule has 8 heteroatoms. The van der Waals surface area contributed by atoms with Crippen molar-refractivity contribution in [3.05, 3.63) is 34.9 Å². The van der Waals surface area contributed by atoms with E-state index in [0.717, 1.165) is 0 Å². The largest absolute Gasteiger partial charge is 0.416 e. The Balaban J connectivity index is 3.39. The Labute approximate surface area is 107 Å². The van der Waals surface area contributed by atoms with Gasteiger partial charge in [-0.2, -0.15) is 26.3 Å². The molecular weight excluding hydrogens is 330 g/mol. The summed E-state index contributed by atoms with van der Waals surface area (Å²) >= 11 is 2.79. The maximum atomic E-state index is 12.4. The van der Waals surface area contributed by atoms with E-state index < -0.39 is 35.1 Å². The fourth-order valence-electron chi connectivity index (χ4n) is 1.26. The summed E-state index contributed by atoms with van der Waals surface area (Å²) in [7, 11) is 0. The molecule has 0 saturated carbocycles. The maximum Gasteiger partial charge on any atom is 0.416 e. The van der Waals surface area contributed by atoms with Crippen LogP contribution in [0.15, 0.2) is 18.2 Å². The molecule has 0 radical (unpaired) electrons. The zero-order valence-electron chi connectivity index (χ0n) is 8.61. The number of hydrogen-bond donors (Lipinski definition) is 1. The van der Waals surface area contributed by atoms with Crippen LogP contribution in [-0.4, -0.2) is 10.4 Å².